The Morgan fingerprint density at radius 3 is 2.86 bits per heavy atom. The molecule has 0 aromatic heterocycles. The zero-order valence-electron chi connectivity index (χ0n) is 20.5. The van der Waals surface area contributed by atoms with Gasteiger partial charge in [-0.05, 0) is 62.0 Å². The quantitative estimate of drug-likeness (QED) is 0.551. The van der Waals surface area contributed by atoms with Crippen molar-refractivity contribution in [2.24, 2.45) is 10.9 Å². The van der Waals surface area contributed by atoms with Crippen LogP contribution in [0.5, 0.6) is 0 Å². The summed E-state index contributed by atoms with van der Waals surface area (Å²) in [7, 11) is 0. The third-order valence-corrected chi connectivity index (χ3v) is 7.74. The molecule has 4 aliphatic heterocycles. The number of likely N-dealkylation sites (tertiary alicyclic amines) is 1. The maximum Gasteiger partial charge on any atom is 0.259 e. The van der Waals surface area contributed by atoms with Gasteiger partial charge in [0.2, 0.25) is 0 Å². The third kappa shape index (κ3) is 4.17. The lowest BCUT2D eigenvalue weighted by Gasteiger charge is -2.33. The molecule has 6 rings (SSSR count). The van der Waals surface area contributed by atoms with Crippen molar-refractivity contribution in [1.82, 2.24) is 15.5 Å². The molecule has 0 radical (unpaired) electrons. The maximum atomic E-state index is 13.7. The smallest absolute Gasteiger partial charge is 0.259 e. The molecular weight excluding hydrogens is 456 g/mol. The fourth-order valence-corrected chi connectivity index (χ4v) is 5.95. The molecule has 1 aliphatic carbocycles. The molecule has 5 aliphatic rings. The van der Waals surface area contributed by atoms with Gasteiger partial charge in [-0.3, -0.25) is 9.59 Å². The van der Waals surface area contributed by atoms with Crippen molar-refractivity contribution in [3.05, 3.63) is 58.7 Å². The molecule has 2 amide bonds. The van der Waals surface area contributed by atoms with Crippen LogP contribution in [-0.2, 0) is 16.1 Å². The number of carbonyl (C=O) groups excluding carboxylic acids is 2. The van der Waals surface area contributed by atoms with Crippen molar-refractivity contribution in [1.29, 1.82) is 0 Å². The Kier molecular flexibility index (Phi) is 6.00. The van der Waals surface area contributed by atoms with E-state index in [-0.39, 0.29) is 11.8 Å². The second kappa shape index (κ2) is 9.46. The monoisotopic (exact) mass is 488 g/mol. The number of ether oxygens (including phenoxy) is 1. The van der Waals surface area contributed by atoms with E-state index in [2.05, 4.69) is 30.7 Å². The molecule has 3 fully saturated rings. The summed E-state index contributed by atoms with van der Waals surface area (Å²) in [5.41, 5.74) is 3.51. The van der Waals surface area contributed by atoms with Gasteiger partial charge in [-0.2, -0.15) is 0 Å². The van der Waals surface area contributed by atoms with Crippen LogP contribution in [0.15, 0.2) is 52.6 Å². The second-order valence-corrected chi connectivity index (χ2v) is 9.97. The van der Waals surface area contributed by atoms with Crippen molar-refractivity contribution in [2.75, 3.05) is 43.1 Å². The minimum absolute atomic E-state index is 0.116. The van der Waals surface area contributed by atoms with Crippen LogP contribution in [0.4, 0.5) is 11.4 Å². The van der Waals surface area contributed by atoms with Gasteiger partial charge in [0.15, 0.2) is 0 Å². The summed E-state index contributed by atoms with van der Waals surface area (Å²) >= 11 is 0. The van der Waals surface area contributed by atoms with E-state index in [1.54, 1.807) is 18.4 Å². The minimum Gasteiger partial charge on any atom is -0.378 e. The van der Waals surface area contributed by atoms with E-state index in [0.29, 0.717) is 48.4 Å². The molecule has 2 atom stereocenters. The van der Waals surface area contributed by atoms with Crippen molar-refractivity contribution in [3.8, 4) is 0 Å². The number of hydrogen-bond donors (Lipinski definition) is 3. The fraction of sp³-hybridized carbons (Fsp3) is 0.444. The number of nitrogens with one attached hydrogen (secondary N) is 3. The van der Waals surface area contributed by atoms with Gasteiger partial charge in [-0.25, -0.2) is 4.99 Å². The number of amides is 2. The summed E-state index contributed by atoms with van der Waals surface area (Å²) in [6, 6.07) is 4.37. The summed E-state index contributed by atoms with van der Waals surface area (Å²) in [6.07, 6.45) is 11.2. The number of piperidine rings is 1. The van der Waals surface area contributed by atoms with E-state index < -0.39 is 0 Å². The Morgan fingerprint density at radius 1 is 1.25 bits per heavy atom. The van der Waals surface area contributed by atoms with Crippen LogP contribution in [0.2, 0.25) is 0 Å². The number of anilines is 2. The first-order chi connectivity index (χ1) is 17.6. The standard InChI is InChI=1S/C27H32N6O3/c1-2-3-20(25-28-7-6-24(31-25)33-16-17-4-5-19(33)12-17)27(35)30-22-14-21-18(15-29-26(21)34)13-23(22)32-8-10-36-11-9-32/h2-3,6-7,13-14,17,19,31H,4-5,8-12,15-16H2,1H3,(H,29,34)(H,30,35)/b3-2-,25-20-. The molecule has 2 bridgehead atoms. The van der Waals surface area contributed by atoms with Crippen LogP contribution >= 0.6 is 0 Å². The summed E-state index contributed by atoms with van der Waals surface area (Å²) in [6.45, 7) is 6.14. The first-order valence-electron chi connectivity index (χ1n) is 12.8. The Hall–Kier alpha value is -3.59. The first-order valence-corrected chi connectivity index (χ1v) is 12.8. The van der Waals surface area contributed by atoms with E-state index in [4.69, 9.17) is 4.74 Å². The number of aliphatic imine (C=N–C) groups is 1. The Bertz CT molecular complexity index is 1210. The molecule has 9 nitrogen and oxygen atoms in total. The lowest BCUT2D eigenvalue weighted by atomic mass is 10.1. The Balaban J connectivity index is 1.29. The highest BCUT2D eigenvalue weighted by atomic mass is 16.5. The van der Waals surface area contributed by atoms with E-state index in [9.17, 15) is 9.59 Å². The molecule has 1 aromatic carbocycles. The summed E-state index contributed by atoms with van der Waals surface area (Å²) < 4.78 is 5.53. The molecule has 2 unspecified atom stereocenters. The van der Waals surface area contributed by atoms with Gasteiger partial charge in [0.05, 0.1) is 30.2 Å². The lowest BCUT2D eigenvalue weighted by molar-refractivity contribution is -0.112. The van der Waals surface area contributed by atoms with Gasteiger partial charge in [-0.1, -0.05) is 6.08 Å². The highest BCUT2D eigenvalue weighted by molar-refractivity contribution is 6.09. The summed E-state index contributed by atoms with van der Waals surface area (Å²) in [4.78, 5) is 35.2. The number of rotatable bonds is 5. The van der Waals surface area contributed by atoms with Crippen molar-refractivity contribution < 1.29 is 14.3 Å². The predicted molar refractivity (Wildman–Crippen MR) is 139 cm³/mol. The SMILES string of the molecule is C/C=C\C(C(=O)Nc1cc2c(cc1N1CCOCC1)CNC2=O)=C1/N=CC=C(N2CC3CCC2C3)N1. The molecule has 36 heavy (non-hydrogen) atoms. The Morgan fingerprint density at radius 2 is 2.11 bits per heavy atom. The number of fused-ring (bicyclic) bond motifs is 3. The lowest BCUT2D eigenvalue weighted by Crippen LogP contribution is -2.39. The molecule has 0 spiro atoms. The first kappa shape index (κ1) is 22.8. The van der Waals surface area contributed by atoms with Crippen molar-refractivity contribution >= 4 is 29.4 Å². The Labute approximate surface area is 210 Å². The van der Waals surface area contributed by atoms with Crippen LogP contribution in [0.3, 0.4) is 0 Å². The zero-order valence-corrected chi connectivity index (χ0v) is 20.5. The van der Waals surface area contributed by atoms with Gasteiger partial charge in [0, 0.05) is 44.0 Å². The van der Waals surface area contributed by atoms with Crippen LogP contribution in [0.25, 0.3) is 0 Å². The van der Waals surface area contributed by atoms with Gasteiger partial charge in [-0.15, -0.1) is 0 Å². The molecule has 2 saturated heterocycles. The topological polar surface area (TPSA) is 98.3 Å². The van der Waals surface area contributed by atoms with Crippen LogP contribution < -0.4 is 20.9 Å². The third-order valence-electron chi connectivity index (χ3n) is 7.74. The van der Waals surface area contributed by atoms with E-state index >= 15 is 0 Å². The number of benzene rings is 1. The highest BCUT2D eigenvalue weighted by Gasteiger charge is 2.39. The zero-order chi connectivity index (χ0) is 24.6. The van der Waals surface area contributed by atoms with Crippen molar-refractivity contribution in [3.63, 3.8) is 0 Å². The number of hydrogen-bond acceptors (Lipinski definition) is 7. The van der Waals surface area contributed by atoms with E-state index in [1.165, 1.54) is 19.3 Å². The van der Waals surface area contributed by atoms with Gasteiger partial charge >= 0.3 is 0 Å². The predicted octanol–water partition coefficient (Wildman–Crippen LogP) is 2.49. The van der Waals surface area contributed by atoms with Crippen molar-refractivity contribution in [2.45, 2.75) is 38.8 Å². The summed E-state index contributed by atoms with van der Waals surface area (Å²) in [5, 5.41) is 9.40. The largest absolute Gasteiger partial charge is 0.378 e. The van der Waals surface area contributed by atoms with Gasteiger partial charge < -0.3 is 30.5 Å². The normalized spacial score (nSPS) is 26.1. The van der Waals surface area contributed by atoms with E-state index in [1.807, 2.05) is 25.1 Å². The molecule has 4 heterocycles. The van der Waals surface area contributed by atoms with E-state index in [0.717, 1.165) is 42.6 Å². The average Bonchev–Trinajstić information content (AvgIpc) is 3.64. The number of carbonyl (C=O) groups is 2. The number of nitrogens with zero attached hydrogens (tertiary/aromatic N) is 3. The molecule has 1 saturated carbocycles. The maximum absolute atomic E-state index is 13.7. The molecule has 1 aromatic rings. The highest BCUT2D eigenvalue weighted by Crippen LogP contribution is 2.39. The second-order valence-electron chi connectivity index (χ2n) is 9.97. The van der Waals surface area contributed by atoms with Crippen LogP contribution in [0, 0.1) is 5.92 Å². The summed E-state index contributed by atoms with van der Waals surface area (Å²) in [5.74, 6) is 1.90. The minimum atomic E-state index is -0.273. The number of allylic oxidation sites excluding steroid dienone is 2. The number of morpholine rings is 1. The average molecular weight is 489 g/mol. The molecule has 9 heteroatoms. The molecule has 3 N–H and O–H groups in total. The molecular formula is C27H32N6O3. The molecule has 188 valence electrons. The van der Waals surface area contributed by atoms with Crippen LogP contribution in [0.1, 0.15) is 42.1 Å². The van der Waals surface area contributed by atoms with Crippen LogP contribution in [-0.4, -0.2) is 61.8 Å². The fourth-order valence-electron chi connectivity index (χ4n) is 5.95. The van der Waals surface area contributed by atoms with Gasteiger partial charge in [0.1, 0.15) is 11.6 Å². The van der Waals surface area contributed by atoms with Gasteiger partial charge in [0.25, 0.3) is 11.8 Å².